The molecule has 5 heteroatoms. The van der Waals surface area contributed by atoms with Crippen molar-refractivity contribution >= 4 is 17.7 Å². The van der Waals surface area contributed by atoms with Crippen LogP contribution in [-0.2, 0) is 10.5 Å². The summed E-state index contributed by atoms with van der Waals surface area (Å²) in [5, 5.41) is 3.18. The van der Waals surface area contributed by atoms with Crippen LogP contribution in [0, 0.1) is 5.92 Å². The average molecular weight is 279 g/mol. The van der Waals surface area contributed by atoms with E-state index in [-0.39, 0.29) is 5.91 Å². The van der Waals surface area contributed by atoms with Crippen molar-refractivity contribution in [1.82, 2.24) is 15.2 Å². The van der Waals surface area contributed by atoms with Crippen LogP contribution >= 0.6 is 11.8 Å². The summed E-state index contributed by atoms with van der Waals surface area (Å²) >= 11 is 1.65. The standard InChI is InChI=1S/C14H21N3OS/c1-15-8-12-5-7-17(9-12)14(18)11-19-10-13-4-2-3-6-16-13/h2-4,6,12,15H,5,7-11H2,1H3. The number of carbonyl (C=O) groups excluding carboxylic acids is 1. The molecule has 1 unspecified atom stereocenters. The number of pyridine rings is 1. The van der Waals surface area contributed by atoms with Gasteiger partial charge in [-0.2, -0.15) is 0 Å². The van der Waals surface area contributed by atoms with Crippen molar-refractivity contribution < 1.29 is 4.79 Å². The van der Waals surface area contributed by atoms with Gasteiger partial charge in [-0.25, -0.2) is 0 Å². The molecule has 1 aliphatic heterocycles. The number of thioether (sulfide) groups is 1. The minimum atomic E-state index is 0.263. The van der Waals surface area contributed by atoms with E-state index in [0.717, 1.165) is 37.5 Å². The first kappa shape index (κ1) is 14.3. The Bertz CT molecular complexity index is 399. The summed E-state index contributed by atoms with van der Waals surface area (Å²) in [5.74, 6) is 2.25. The third-order valence-corrected chi connectivity index (χ3v) is 4.28. The van der Waals surface area contributed by atoms with Crippen LogP contribution in [-0.4, -0.2) is 48.2 Å². The number of aromatic nitrogens is 1. The highest BCUT2D eigenvalue weighted by Crippen LogP contribution is 2.17. The molecule has 1 saturated heterocycles. The molecular formula is C14H21N3OS. The first-order valence-electron chi connectivity index (χ1n) is 6.69. The van der Waals surface area contributed by atoms with E-state index in [1.54, 1.807) is 18.0 Å². The molecule has 104 valence electrons. The molecule has 1 aliphatic rings. The zero-order valence-electron chi connectivity index (χ0n) is 11.3. The lowest BCUT2D eigenvalue weighted by molar-refractivity contribution is -0.127. The summed E-state index contributed by atoms with van der Waals surface area (Å²) in [4.78, 5) is 18.3. The topological polar surface area (TPSA) is 45.2 Å². The van der Waals surface area contributed by atoms with Gasteiger partial charge in [0.25, 0.3) is 0 Å². The van der Waals surface area contributed by atoms with E-state index in [1.165, 1.54) is 0 Å². The zero-order chi connectivity index (χ0) is 13.5. The maximum absolute atomic E-state index is 12.0. The third kappa shape index (κ3) is 4.51. The van der Waals surface area contributed by atoms with Crippen molar-refractivity contribution in [2.75, 3.05) is 32.4 Å². The van der Waals surface area contributed by atoms with Crippen LogP contribution < -0.4 is 5.32 Å². The van der Waals surface area contributed by atoms with E-state index < -0.39 is 0 Å². The van der Waals surface area contributed by atoms with E-state index in [9.17, 15) is 4.79 Å². The van der Waals surface area contributed by atoms with E-state index >= 15 is 0 Å². The maximum atomic E-state index is 12.0. The molecule has 1 aromatic heterocycles. The molecule has 19 heavy (non-hydrogen) atoms. The molecule has 2 rings (SSSR count). The number of rotatable bonds is 6. The highest BCUT2D eigenvalue weighted by Gasteiger charge is 2.25. The van der Waals surface area contributed by atoms with Gasteiger partial charge in [0.15, 0.2) is 0 Å². The molecule has 0 aliphatic carbocycles. The summed E-state index contributed by atoms with van der Waals surface area (Å²) < 4.78 is 0. The Morgan fingerprint density at radius 2 is 2.47 bits per heavy atom. The molecule has 0 saturated carbocycles. The molecule has 0 radical (unpaired) electrons. The van der Waals surface area contributed by atoms with Crippen LogP contribution in [0.4, 0.5) is 0 Å². The number of hydrogen-bond donors (Lipinski definition) is 1. The fourth-order valence-corrected chi connectivity index (χ4v) is 3.17. The highest BCUT2D eigenvalue weighted by atomic mass is 32.2. The molecule has 0 aromatic carbocycles. The highest BCUT2D eigenvalue weighted by molar-refractivity contribution is 7.99. The van der Waals surface area contributed by atoms with Crippen molar-refractivity contribution in [1.29, 1.82) is 0 Å². The summed E-state index contributed by atoms with van der Waals surface area (Å²) in [6.45, 7) is 2.82. The van der Waals surface area contributed by atoms with Gasteiger partial charge >= 0.3 is 0 Å². The van der Waals surface area contributed by atoms with Crippen molar-refractivity contribution in [3.05, 3.63) is 30.1 Å². The lowest BCUT2D eigenvalue weighted by atomic mass is 10.1. The molecule has 4 nitrogen and oxygen atoms in total. The Kier molecular flexibility index (Phi) is 5.66. The predicted octanol–water partition coefficient (Wildman–Crippen LogP) is 1.38. The molecule has 0 spiro atoms. The number of likely N-dealkylation sites (tertiary alicyclic amines) is 1. The minimum Gasteiger partial charge on any atom is -0.342 e. The molecule has 0 bridgehead atoms. The Labute approximate surface area is 119 Å². The molecule has 2 heterocycles. The van der Waals surface area contributed by atoms with E-state index in [0.29, 0.717) is 11.7 Å². The van der Waals surface area contributed by atoms with Crippen molar-refractivity contribution in [3.8, 4) is 0 Å². The van der Waals surface area contributed by atoms with Crippen LogP contribution in [0.15, 0.2) is 24.4 Å². The SMILES string of the molecule is CNCC1CCN(C(=O)CSCc2ccccn2)C1. The Morgan fingerprint density at radius 3 is 3.21 bits per heavy atom. The molecule has 1 aromatic rings. The second kappa shape index (κ2) is 7.50. The Hall–Kier alpha value is -1.07. The first-order chi connectivity index (χ1) is 9.29. The van der Waals surface area contributed by atoms with Crippen molar-refractivity contribution in [2.24, 2.45) is 5.92 Å². The van der Waals surface area contributed by atoms with Gasteiger partial charge in [0.2, 0.25) is 5.91 Å². The number of carbonyl (C=O) groups is 1. The largest absolute Gasteiger partial charge is 0.342 e. The smallest absolute Gasteiger partial charge is 0.232 e. The van der Waals surface area contributed by atoms with Crippen LogP contribution in [0.2, 0.25) is 0 Å². The van der Waals surface area contributed by atoms with Gasteiger partial charge < -0.3 is 10.2 Å². The quantitative estimate of drug-likeness (QED) is 0.854. The summed E-state index contributed by atoms with van der Waals surface area (Å²) in [5.41, 5.74) is 1.04. The summed E-state index contributed by atoms with van der Waals surface area (Å²) in [6.07, 6.45) is 2.91. The van der Waals surface area contributed by atoms with Gasteiger partial charge in [-0.1, -0.05) is 6.07 Å². The van der Waals surface area contributed by atoms with Gasteiger partial charge in [-0.3, -0.25) is 9.78 Å². The first-order valence-corrected chi connectivity index (χ1v) is 7.85. The number of nitrogens with zero attached hydrogens (tertiary/aromatic N) is 2. The lowest BCUT2D eigenvalue weighted by Crippen LogP contribution is -2.31. The van der Waals surface area contributed by atoms with Gasteiger partial charge in [0, 0.05) is 25.0 Å². The maximum Gasteiger partial charge on any atom is 0.232 e. The molecule has 1 atom stereocenters. The number of amides is 1. The Balaban J connectivity index is 1.68. The van der Waals surface area contributed by atoms with E-state index in [1.807, 2.05) is 30.1 Å². The molecular weight excluding hydrogens is 258 g/mol. The monoisotopic (exact) mass is 279 g/mol. The summed E-state index contributed by atoms with van der Waals surface area (Å²) in [7, 11) is 1.97. The number of hydrogen-bond acceptors (Lipinski definition) is 4. The normalized spacial score (nSPS) is 18.8. The van der Waals surface area contributed by atoms with Crippen LogP contribution in [0.3, 0.4) is 0 Å². The van der Waals surface area contributed by atoms with E-state index in [2.05, 4.69) is 10.3 Å². The van der Waals surface area contributed by atoms with Gasteiger partial charge in [-0.15, -0.1) is 11.8 Å². The fraction of sp³-hybridized carbons (Fsp3) is 0.571. The van der Waals surface area contributed by atoms with Crippen molar-refractivity contribution in [2.45, 2.75) is 12.2 Å². The lowest BCUT2D eigenvalue weighted by Gasteiger charge is -2.16. The minimum absolute atomic E-state index is 0.263. The molecule has 1 amide bonds. The van der Waals surface area contributed by atoms with E-state index in [4.69, 9.17) is 0 Å². The molecule has 1 N–H and O–H groups in total. The number of nitrogens with one attached hydrogen (secondary N) is 1. The third-order valence-electron chi connectivity index (χ3n) is 3.33. The van der Waals surface area contributed by atoms with Crippen LogP contribution in [0.5, 0.6) is 0 Å². The van der Waals surface area contributed by atoms with Crippen molar-refractivity contribution in [3.63, 3.8) is 0 Å². The Morgan fingerprint density at radius 1 is 1.58 bits per heavy atom. The van der Waals surface area contributed by atoms with Crippen LogP contribution in [0.25, 0.3) is 0 Å². The second-order valence-corrected chi connectivity index (χ2v) is 5.85. The van der Waals surface area contributed by atoms with Gasteiger partial charge in [-0.05, 0) is 38.1 Å². The zero-order valence-corrected chi connectivity index (χ0v) is 12.2. The average Bonchev–Trinajstić information content (AvgIpc) is 2.89. The summed E-state index contributed by atoms with van der Waals surface area (Å²) in [6, 6.07) is 5.88. The van der Waals surface area contributed by atoms with Gasteiger partial charge in [0.05, 0.1) is 11.4 Å². The second-order valence-electron chi connectivity index (χ2n) is 4.87. The molecule has 1 fully saturated rings. The fourth-order valence-electron chi connectivity index (χ4n) is 2.33. The van der Waals surface area contributed by atoms with Crippen LogP contribution in [0.1, 0.15) is 12.1 Å². The van der Waals surface area contributed by atoms with Gasteiger partial charge in [0.1, 0.15) is 0 Å². The predicted molar refractivity (Wildman–Crippen MR) is 79.0 cm³/mol.